The van der Waals surface area contributed by atoms with E-state index in [9.17, 15) is 18.8 Å². The second-order valence-corrected chi connectivity index (χ2v) is 9.81. The Bertz CT molecular complexity index is 1660. The highest BCUT2D eigenvalue weighted by atomic mass is 35.5. The summed E-state index contributed by atoms with van der Waals surface area (Å²) in [5, 5.41) is 3.19. The monoisotopic (exact) mass is 590 g/mol. The summed E-state index contributed by atoms with van der Waals surface area (Å²) in [5.41, 5.74) is 2.00. The van der Waals surface area contributed by atoms with Gasteiger partial charge in [-0.25, -0.2) is 14.1 Å². The first-order valence-electron chi connectivity index (χ1n) is 12.3. The van der Waals surface area contributed by atoms with Crippen molar-refractivity contribution >= 4 is 52.8 Å². The first-order chi connectivity index (χ1) is 19.8. The third-order valence-electron chi connectivity index (χ3n) is 6.09. The highest BCUT2D eigenvalue weighted by molar-refractivity contribution is 6.39. The molecule has 4 amide bonds. The Morgan fingerprint density at radius 1 is 0.805 bits per heavy atom. The summed E-state index contributed by atoms with van der Waals surface area (Å²) < 4.78 is 24.8. The van der Waals surface area contributed by atoms with Crippen molar-refractivity contribution in [3.8, 4) is 11.5 Å². The number of nitrogens with zero attached hydrogens (tertiary/aromatic N) is 1. The lowest BCUT2D eigenvalue weighted by atomic mass is 10.1. The summed E-state index contributed by atoms with van der Waals surface area (Å²) in [5.74, 6) is -0.918. The zero-order valence-corrected chi connectivity index (χ0v) is 22.8. The van der Waals surface area contributed by atoms with Crippen molar-refractivity contribution in [2.24, 2.45) is 0 Å². The van der Waals surface area contributed by atoms with Crippen LogP contribution in [0.15, 0.2) is 96.6 Å². The van der Waals surface area contributed by atoms with Gasteiger partial charge in [0.2, 0.25) is 0 Å². The zero-order valence-electron chi connectivity index (χ0n) is 21.3. The molecule has 4 aromatic rings. The van der Waals surface area contributed by atoms with Gasteiger partial charge in [-0.3, -0.25) is 14.9 Å². The number of carbonyl (C=O) groups is 3. The number of nitrogens with one attached hydrogen (secondary N) is 1. The number of amides is 4. The largest absolute Gasteiger partial charge is 0.489 e. The van der Waals surface area contributed by atoms with Crippen LogP contribution >= 0.6 is 23.2 Å². The minimum atomic E-state index is -0.861. The Hall–Kier alpha value is -4.66. The molecule has 0 unspecified atom stereocenters. The van der Waals surface area contributed by atoms with Crippen LogP contribution in [0.3, 0.4) is 0 Å². The number of hydrogen-bond acceptors (Lipinski definition) is 5. The predicted octanol–water partition coefficient (Wildman–Crippen LogP) is 6.96. The van der Waals surface area contributed by atoms with E-state index >= 15 is 0 Å². The van der Waals surface area contributed by atoms with Gasteiger partial charge in [0.25, 0.3) is 11.8 Å². The molecule has 0 aromatic heterocycles. The van der Waals surface area contributed by atoms with E-state index in [1.54, 1.807) is 66.7 Å². The van der Waals surface area contributed by atoms with Crippen molar-refractivity contribution in [2.45, 2.75) is 13.2 Å². The SMILES string of the molecule is O=C1NC(=O)N(c2ccc(OCc3ccc(Cl)cc3Cl)cc2)C(=O)/C1=C/c1ccc(OCc2cccc(F)c2)cc1. The fourth-order valence-electron chi connectivity index (χ4n) is 4.00. The minimum Gasteiger partial charge on any atom is -0.489 e. The Labute approximate surface area is 244 Å². The van der Waals surface area contributed by atoms with Gasteiger partial charge < -0.3 is 9.47 Å². The van der Waals surface area contributed by atoms with E-state index in [0.29, 0.717) is 32.7 Å². The summed E-state index contributed by atoms with van der Waals surface area (Å²) in [6.45, 7) is 0.364. The quantitative estimate of drug-likeness (QED) is 0.177. The van der Waals surface area contributed by atoms with Crippen molar-refractivity contribution in [1.82, 2.24) is 5.32 Å². The van der Waals surface area contributed by atoms with Gasteiger partial charge in [0.15, 0.2) is 0 Å². The molecule has 1 aliphatic rings. The average molecular weight is 591 g/mol. The molecule has 4 aromatic carbocycles. The van der Waals surface area contributed by atoms with Crippen LogP contribution in [0.2, 0.25) is 10.0 Å². The fourth-order valence-corrected chi connectivity index (χ4v) is 4.47. The van der Waals surface area contributed by atoms with Crippen molar-refractivity contribution in [3.63, 3.8) is 0 Å². The maximum absolute atomic E-state index is 13.4. The van der Waals surface area contributed by atoms with Crippen molar-refractivity contribution in [1.29, 1.82) is 0 Å². The van der Waals surface area contributed by atoms with E-state index in [1.165, 1.54) is 30.3 Å². The molecule has 1 N–H and O–H groups in total. The normalized spacial score (nSPS) is 14.3. The molecule has 41 heavy (non-hydrogen) atoms. The number of halogens is 3. The van der Waals surface area contributed by atoms with Crippen LogP contribution in [0.1, 0.15) is 16.7 Å². The molecule has 7 nitrogen and oxygen atoms in total. The Morgan fingerprint density at radius 3 is 2.17 bits per heavy atom. The van der Waals surface area contributed by atoms with Crippen molar-refractivity contribution in [3.05, 3.63) is 129 Å². The molecule has 0 aliphatic carbocycles. The molecular formula is C31H21Cl2FN2O5. The van der Waals surface area contributed by atoms with Crippen molar-refractivity contribution in [2.75, 3.05) is 4.90 Å². The predicted molar refractivity (Wildman–Crippen MR) is 153 cm³/mol. The Morgan fingerprint density at radius 2 is 1.49 bits per heavy atom. The number of hydrogen-bond donors (Lipinski definition) is 1. The second kappa shape index (κ2) is 12.2. The standard InChI is InChI=1S/C31H21Cl2FN2O5/c32-22-7-6-21(28(33)16-22)18-41-26-12-8-24(9-13-26)36-30(38)27(29(37)35-31(36)39)15-19-4-10-25(11-5-19)40-17-20-2-1-3-23(34)14-20/h1-16H,17-18H2,(H,35,37,39)/b27-15+. The molecular weight excluding hydrogens is 570 g/mol. The number of ether oxygens (including phenoxy) is 2. The van der Waals surface area contributed by atoms with Crippen LogP contribution in [-0.4, -0.2) is 17.8 Å². The van der Waals surface area contributed by atoms with Crippen molar-refractivity contribution < 1.29 is 28.2 Å². The molecule has 0 saturated carbocycles. The number of rotatable bonds is 8. The van der Waals surface area contributed by atoms with Gasteiger partial charge in [-0.2, -0.15) is 0 Å². The number of benzene rings is 4. The van der Waals surface area contributed by atoms with Crippen LogP contribution in [0.4, 0.5) is 14.9 Å². The highest BCUT2D eigenvalue weighted by Gasteiger charge is 2.36. The van der Waals surface area contributed by atoms with Gasteiger partial charge in [0.05, 0.1) is 5.69 Å². The average Bonchev–Trinajstić information content (AvgIpc) is 2.95. The molecule has 1 saturated heterocycles. The van der Waals surface area contributed by atoms with Crippen LogP contribution < -0.4 is 19.7 Å². The number of imide groups is 2. The Balaban J connectivity index is 1.26. The van der Waals surface area contributed by atoms with E-state index in [0.717, 1.165) is 10.5 Å². The molecule has 1 heterocycles. The summed E-state index contributed by atoms with van der Waals surface area (Å²) in [4.78, 5) is 39.2. The van der Waals surface area contributed by atoms with Gasteiger partial charge in [-0.15, -0.1) is 0 Å². The summed E-state index contributed by atoms with van der Waals surface area (Å²) in [7, 11) is 0. The molecule has 0 spiro atoms. The lowest BCUT2D eigenvalue weighted by molar-refractivity contribution is -0.122. The smallest absolute Gasteiger partial charge is 0.335 e. The van der Waals surface area contributed by atoms with Crippen LogP contribution in [-0.2, 0) is 22.8 Å². The fraction of sp³-hybridized carbons (Fsp3) is 0.0645. The third kappa shape index (κ3) is 6.74. The van der Waals surface area contributed by atoms with Gasteiger partial charge in [0.1, 0.15) is 36.1 Å². The maximum atomic E-state index is 13.4. The van der Waals surface area contributed by atoms with E-state index in [4.69, 9.17) is 32.7 Å². The molecule has 5 rings (SSSR count). The van der Waals surface area contributed by atoms with Gasteiger partial charge >= 0.3 is 6.03 Å². The van der Waals surface area contributed by atoms with Gasteiger partial charge in [0, 0.05) is 15.6 Å². The summed E-state index contributed by atoms with van der Waals surface area (Å²) >= 11 is 12.1. The maximum Gasteiger partial charge on any atom is 0.335 e. The summed E-state index contributed by atoms with van der Waals surface area (Å²) in [6.07, 6.45) is 1.39. The number of carbonyl (C=O) groups excluding carboxylic acids is 3. The third-order valence-corrected chi connectivity index (χ3v) is 6.68. The lowest BCUT2D eigenvalue weighted by Gasteiger charge is -2.26. The highest BCUT2D eigenvalue weighted by Crippen LogP contribution is 2.27. The minimum absolute atomic E-state index is 0.175. The lowest BCUT2D eigenvalue weighted by Crippen LogP contribution is -2.54. The van der Waals surface area contributed by atoms with Crippen LogP contribution in [0, 0.1) is 5.82 Å². The van der Waals surface area contributed by atoms with E-state index in [2.05, 4.69) is 5.32 Å². The van der Waals surface area contributed by atoms with Gasteiger partial charge in [-0.1, -0.05) is 53.5 Å². The van der Waals surface area contributed by atoms with Crippen LogP contribution in [0.25, 0.3) is 6.08 Å². The molecule has 0 radical (unpaired) electrons. The number of barbiturate groups is 1. The van der Waals surface area contributed by atoms with Crippen LogP contribution in [0.5, 0.6) is 11.5 Å². The zero-order chi connectivity index (χ0) is 28.9. The molecule has 10 heteroatoms. The van der Waals surface area contributed by atoms with Gasteiger partial charge in [-0.05, 0) is 77.9 Å². The van der Waals surface area contributed by atoms with E-state index in [-0.39, 0.29) is 30.3 Å². The number of anilines is 1. The first kappa shape index (κ1) is 27.9. The summed E-state index contributed by atoms with van der Waals surface area (Å²) in [6, 6.07) is 23.2. The molecule has 1 fully saturated rings. The molecule has 206 valence electrons. The number of urea groups is 1. The first-order valence-corrected chi connectivity index (χ1v) is 13.1. The second-order valence-electron chi connectivity index (χ2n) is 8.96. The Kier molecular flexibility index (Phi) is 8.33. The topological polar surface area (TPSA) is 84.9 Å². The molecule has 1 aliphatic heterocycles. The van der Waals surface area contributed by atoms with E-state index in [1.807, 2.05) is 0 Å². The molecule has 0 atom stereocenters. The molecule has 0 bridgehead atoms. The van der Waals surface area contributed by atoms with E-state index < -0.39 is 17.8 Å².